The lowest BCUT2D eigenvalue weighted by Crippen LogP contribution is -2.59. The normalized spacial score (nSPS) is 23.9. The van der Waals surface area contributed by atoms with Gasteiger partial charge in [-0.05, 0) is 106 Å². The maximum absolute atomic E-state index is 11.8. The summed E-state index contributed by atoms with van der Waals surface area (Å²) >= 11 is 0. The third-order valence-electron chi connectivity index (χ3n) is 7.29. The highest BCUT2D eigenvalue weighted by molar-refractivity contribution is 5.70. The van der Waals surface area contributed by atoms with Crippen molar-refractivity contribution in [1.82, 2.24) is 10.6 Å². The molecule has 0 spiro atoms. The van der Waals surface area contributed by atoms with Gasteiger partial charge < -0.3 is 20.8 Å². The van der Waals surface area contributed by atoms with E-state index in [0.29, 0.717) is 17.5 Å². The average molecular weight is 483 g/mol. The van der Waals surface area contributed by atoms with Crippen molar-refractivity contribution in [2.75, 3.05) is 0 Å². The Balaban J connectivity index is 0.000000479. The summed E-state index contributed by atoms with van der Waals surface area (Å²) in [6.07, 6.45) is 11.3. The fraction of sp³-hybridized carbons (Fsp3) is 0.929. The first-order chi connectivity index (χ1) is 15.4. The highest BCUT2D eigenvalue weighted by Gasteiger charge is 2.42. The molecule has 2 rings (SSSR count). The van der Waals surface area contributed by atoms with Gasteiger partial charge in [-0.25, -0.2) is 0 Å². The van der Waals surface area contributed by atoms with Crippen molar-refractivity contribution in [1.29, 1.82) is 0 Å². The molecule has 2 aliphatic heterocycles. The largest absolute Gasteiger partial charge is 0.481 e. The molecule has 0 radical (unpaired) electrons. The van der Waals surface area contributed by atoms with Crippen LogP contribution in [0.3, 0.4) is 0 Å². The summed E-state index contributed by atoms with van der Waals surface area (Å²) in [7, 11) is 0. The molecule has 0 amide bonds. The Morgan fingerprint density at radius 2 is 1.18 bits per heavy atom. The van der Waals surface area contributed by atoms with E-state index in [9.17, 15) is 14.7 Å². The second-order valence-corrected chi connectivity index (χ2v) is 13.5. The van der Waals surface area contributed by atoms with E-state index in [1.165, 1.54) is 19.3 Å². The molecular weight excluding hydrogens is 428 g/mol. The summed E-state index contributed by atoms with van der Waals surface area (Å²) in [6, 6.07) is 0. The van der Waals surface area contributed by atoms with Gasteiger partial charge in [-0.15, -0.1) is 0 Å². The van der Waals surface area contributed by atoms with Crippen LogP contribution in [0.5, 0.6) is 0 Å². The van der Waals surface area contributed by atoms with E-state index in [4.69, 9.17) is 5.11 Å². The van der Waals surface area contributed by atoms with Crippen molar-refractivity contribution in [3.63, 3.8) is 0 Å². The minimum atomic E-state index is -0.739. The fourth-order valence-electron chi connectivity index (χ4n) is 6.43. The number of nitrogens with one attached hydrogen (secondary N) is 2. The van der Waals surface area contributed by atoms with Crippen LogP contribution in [0.1, 0.15) is 132 Å². The van der Waals surface area contributed by atoms with Crippen molar-refractivity contribution in [2.24, 2.45) is 11.8 Å². The van der Waals surface area contributed by atoms with Gasteiger partial charge >= 0.3 is 11.9 Å². The smallest absolute Gasteiger partial charge is 0.306 e. The highest BCUT2D eigenvalue weighted by atomic mass is 16.4. The number of carboxylic acid groups (broad SMARTS) is 2. The summed E-state index contributed by atoms with van der Waals surface area (Å²) in [5.41, 5.74) is 0.664. The van der Waals surface area contributed by atoms with E-state index >= 15 is 0 Å². The van der Waals surface area contributed by atoms with Gasteiger partial charge in [-0.3, -0.25) is 9.59 Å². The Morgan fingerprint density at radius 3 is 1.59 bits per heavy atom. The predicted molar refractivity (Wildman–Crippen MR) is 140 cm³/mol. The lowest BCUT2D eigenvalue weighted by atomic mass is 9.69. The maximum Gasteiger partial charge on any atom is 0.306 e. The Bertz CT molecular complexity index is 625. The molecule has 4 N–H and O–H groups in total. The Labute approximate surface area is 209 Å². The van der Waals surface area contributed by atoms with E-state index < -0.39 is 11.9 Å². The number of carbonyl (C=O) groups is 2. The van der Waals surface area contributed by atoms with Crippen LogP contribution in [0.15, 0.2) is 0 Å². The lowest BCUT2D eigenvalue weighted by molar-refractivity contribution is -0.145. The van der Waals surface area contributed by atoms with Crippen molar-refractivity contribution in [3.05, 3.63) is 0 Å². The standard InChI is InChI=1S/C19H35NO4.C9H19N/c1-18(2)12-14(13-19(3,4)20-18)15(17(23)24)10-8-6-5-7-9-11-16(21)22;1-8(2)6-5-7-9(3,4)10-8/h14-15,20H,5-13H2,1-4H3,(H,21,22)(H,23,24);10H,5-7H2,1-4H3. The molecule has 2 saturated heterocycles. The van der Waals surface area contributed by atoms with E-state index in [0.717, 1.165) is 44.9 Å². The maximum atomic E-state index is 11.8. The van der Waals surface area contributed by atoms with Crippen molar-refractivity contribution in [2.45, 2.75) is 155 Å². The lowest BCUT2D eigenvalue weighted by Gasteiger charge is -2.48. The second kappa shape index (κ2) is 12.7. The van der Waals surface area contributed by atoms with Crippen LogP contribution < -0.4 is 10.6 Å². The van der Waals surface area contributed by atoms with Gasteiger partial charge in [0.2, 0.25) is 0 Å². The van der Waals surface area contributed by atoms with E-state index in [-0.39, 0.29) is 29.3 Å². The number of unbranched alkanes of at least 4 members (excludes halogenated alkanes) is 4. The monoisotopic (exact) mass is 482 g/mol. The molecule has 2 heterocycles. The first kappa shape index (κ1) is 30.9. The molecule has 1 unspecified atom stereocenters. The molecule has 2 aliphatic rings. The van der Waals surface area contributed by atoms with Crippen LogP contribution >= 0.6 is 0 Å². The van der Waals surface area contributed by atoms with Crippen LogP contribution in [0, 0.1) is 11.8 Å². The predicted octanol–water partition coefficient (Wildman–Crippen LogP) is 6.38. The summed E-state index contributed by atoms with van der Waals surface area (Å²) in [5.74, 6) is -1.47. The molecule has 200 valence electrons. The van der Waals surface area contributed by atoms with Gasteiger partial charge in [0.1, 0.15) is 0 Å². The quantitative estimate of drug-likeness (QED) is 0.270. The van der Waals surface area contributed by atoms with Crippen LogP contribution in [0.4, 0.5) is 0 Å². The molecule has 0 aromatic rings. The molecule has 6 heteroatoms. The topological polar surface area (TPSA) is 98.7 Å². The van der Waals surface area contributed by atoms with E-state index in [2.05, 4.69) is 66.0 Å². The summed E-state index contributed by atoms with van der Waals surface area (Å²) < 4.78 is 0. The SMILES string of the molecule is CC1(C)CC(C(CCCCCCCC(=O)O)C(=O)O)CC(C)(C)N1.CC1(C)CCCC(C)(C)N1. The van der Waals surface area contributed by atoms with Crippen LogP contribution in [-0.4, -0.2) is 44.3 Å². The van der Waals surface area contributed by atoms with Gasteiger partial charge in [0, 0.05) is 28.6 Å². The van der Waals surface area contributed by atoms with Crippen LogP contribution in [0.2, 0.25) is 0 Å². The van der Waals surface area contributed by atoms with Crippen molar-refractivity contribution >= 4 is 11.9 Å². The Hall–Kier alpha value is -1.14. The zero-order valence-electron chi connectivity index (χ0n) is 23.4. The Kier molecular flexibility index (Phi) is 11.5. The van der Waals surface area contributed by atoms with Crippen LogP contribution in [-0.2, 0) is 9.59 Å². The molecule has 0 saturated carbocycles. The molecule has 6 nitrogen and oxygen atoms in total. The zero-order valence-corrected chi connectivity index (χ0v) is 23.4. The molecular formula is C28H54N2O4. The summed E-state index contributed by atoms with van der Waals surface area (Å²) in [6.45, 7) is 17.8. The first-order valence-electron chi connectivity index (χ1n) is 13.5. The van der Waals surface area contributed by atoms with Gasteiger partial charge in [0.25, 0.3) is 0 Å². The summed E-state index contributed by atoms with van der Waals surface area (Å²) in [5, 5.41) is 25.5. The van der Waals surface area contributed by atoms with Crippen molar-refractivity contribution in [3.8, 4) is 0 Å². The van der Waals surface area contributed by atoms with E-state index in [1.54, 1.807) is 0 Å². The minimum Gasteiger partial charge on any atom is -0.481 e. The second-order valence-electron chi connectivity index (χ2n) is 13.5. The van der Waals surface area contributed by atoms with Gasteiger partial charge in [-0.1, -0.05) is 25.7 Å². The number of hydrogen-bond donors (Lipinski definition) is 4. The van der Waals surface area contributed by atoms with E-state index in [1.807, 2.05) is 0 Å². The third-order valence-corrected chi connectivity index (χ3v) is 7.29. The van der Waals surface area contributed by atoms with Gasteiger partial charge in [0.15, 0.2) is 0 Å². The zero-order chi connectivity index (χ0) is 26.2. The fourth-order valence-corrected chi connectivity index (χ4v) is 6.43. The molecule has 0 aromatic carbocycles. The number of aliphatic carboxylic acids is 2. The molecule has 0 aliphatic carbocycles. The summed E-state index contributed by atoms with van der Waals surface area (Å²) in [4.78, 5) is 22.2. The first-order valence-corrected chi connectivity index (χ1v) is 13.5. The molecule has 34 heavy (non-hydrogen) atoms. The molecule has 2 fully saturated rings. The van der Waals surface area contributed by atoms with Crippen molar-refractivity contribution < 1.29 is 19.8 Å². The molecule has 0 aromatic heterocycles. The molecule has 0 bridgehead atoms. The number of rotatable bonds is 10. The molecule has 1 atom stereocenters. The van der Waals surface area contributed by atoms with Crippen LogP contribution in [0.25, 0.3) is 0 Å². The number of hydrogen-bond acceptors (Lipinski definition) is 4. The van der Waals surface area contributed by atoms with Gasteiger partial charge in [-0.2, -0.15) is 0 Å². The number of carboxylic acids is 2. The minimum absolute atomic E-state index is 0.0308. The third kappa shape index (κ3) is 12.5. The highest BCUT2D eigenvalue weighted by Crippen LogP contribution is 2.39. The van der Waals surface area contributed by atoms with Gasteiger partial charge in [0.05, 0.1) is 5.92 Å². The average Bonchev–Trinajstić information content (AvgIpc) is 2.59. The number of piperidine rings is 2. The Morgan fingerprint density at radius 1 is 0.735 bits per heavy atom.